The lowest BCUT2D eigenvalue weighted by molar-refractivity contribution is -0.127. The molecule has 110 valence electrons. The van der Waals surface area contributed by atoms with Crippen molar-refractivity contribution >= 4 is 40.9 Å². The summed E-state index contributed by atoms with van der Waals surface area (Å²) >= 11 is 7.09. The van der Waals surface area contributed by atoms with Crippen molar-refractivity contribution in [3.05, 3.63) is 29.3 Å². The number of carbonyl (C=O) groups is 2. The minimum Gasteiger partial charge on any atom is -0.343 e. The van der Waals surface area contributed by atoms with Gasteiger partial charge in [0.15, 0.2) is 0 Å². The van der Waals surface area contributed by atoms with E-state index in [1.165, 1.54) is 11.8 Å². The van der Waals surface area contributed by atoms with Crippen LogP contribution in [0, 0.1) is 0 Å². The van der Waals surface area contributed by atoms with E-state index in [0.717, 1.165) is 0 Å². The van der Waals surface area contributed by atoms with E-state index in [1.54, 1.807) is 29.2 Å². The number of hydrogen-bond donors (Lipinski definition) is 1. The molecule has 1 N–H and O–H groups in total. The topological polar surface area (TPSA) is 49.4 Å². The third-order valence-corrected chi connectivity index (χ3v) is 3.87. The summed E-state index contributed by atoms with van der Waals surface area (Å²) in [7, 11) is 0. The van der Waals surface area contributed by atoms with E-state index in [9.17, 15) is 9.59 Å². The van der Waals surface area contributed by atoms with Gasteiger partial charge in [-0.3, -0.25) is 9.59 Å². The van der Waals surface area contributed by atoms with Crippen molar-refractivity contribution in [2.75, 3.05) is 29.9 Å². The largest absolute Gasteiger partial charge is 0.343 e. The lowest BCUT2D eigenvalue weighted by atomic mass is 10.3. The molecule has 0 radical (unpaired) electrons. The van der Waals surface area contributed by atoms with Crippen LogP contribution in [0.2, 0.25) is 5.02 Å². The molecule has 1 rings (SSSR count). The molecule has 2 amide bonds. The minimum atomic E-state index is -0.121. The maximum Gasteiger partial charge on any atom is 0.234 e. The van der Waals surface area contributed by atoms with E-state index in [4.69, 9.17) is 11.6 Å². The Balaban J connectivity index is 2.30. The highest BCUT2D eigenvalue weighted by Crippen LogP contribution is 2.14. The fourth-order valence-electron chi connectivity index (χ4n) is 1.63. The normalized spacial score (nSPS) is 10.2. The molecule has 0 fully saturated rings. The Morgan fingerprint density at radius 3 is 2.30 bits per heavy atom. The molecule has 0 aromatic heterocycles. The maximum absolute atomic E-state index is 11.7. The molecule has 20 heavy (non-hydrogen) atoms. The van der Waals surface area contributed by atoms with Crippen LogP contribution in [0.15, 0.2) is 24.3 Å². The first kappa shape index (κ1) is 16.9. The molecule has 0 aliphatic rings. The Labute approximate surface area is 128 Å². The number of thioether (sulfide) groups is 1. The number of halogens is 1. The molecule has 4 nitrogen and oxygen atoms in total. The smallest absolute Gasteiger partial charge is 0.234 e. The van der Waals surface area contributed by atoms with Crippen LogP contribution >= 0.6 is 23.4 Å². The second-order valence-corrected chi connectivity index (χ2v) is 5.54. The molecule has 0 aliphatic carbocycles. The minimum absolute atomic E-state index is 0.0688. The van der Waals surface area contributed by atoms with Crippen LogP contribution in [0.4, 0.5) is 5.69 Å². The Hall–Kier alpha value is -1.20. The molecule has 6 heteroatoms. The second kappa shape index (κ2) is 8.87. The maximum atomic E-state index is 11.7. The SMILES string of the molecule is CCN(CC)C(=O)CSCC(=O)Nc1ccc(Cl)cc1. The first-order valence-electron chi connectivity index (χ1n) is 6.47. The second-order valence-electron chi connectivity index (χ2n) is 4.11. The number of nitrogens with zero attached hydrogens (tertiary/aromatic N) is 1. The first-order valence-corrected chi connectivity index (χ1v) is 8.01. The van der Waals surface area contributed by atoms with E-state index in [-0.39, 0.29) is 17.6 Å². The third-order valence-electron chi connectivity index (χ3n) is 2.70. The molecule has 1 aromatic carbocycles. The summed E-state index contributed by atoms with van der Waals surface area (Å²) in [6.07, 6.45) is 0. The van der Waals surface area contributed by atoms with Crippen LogP contribution in [0.5, 0.6) is 0 Å². The van der Waals surface area contributed by atoms with Crippen LogP contribution in [0.3, 0.4) is 0 Å². The number of nitrogens with one attached hydrogen (secondary N) is 1. The Bertz CT molecular complexity index is 447. The number of carbonyl (C=O) groups excluding carboxylic acids is 2. The van der Waals surface area contributed by atoms with Gasteiger partial charge < -0.3 is 10.2 Å². The third kappa shape index (κ3) is 5.84. The molecule has 0 unspecified atom stereocenters. The number of anilines is 1. The van der Waals surface area contributed by atoms with Crippen LogP contribution in [0.1, 0.15) is 13.8 Å². The van der Waals surface area contributed by atoms with Gasteiger partial charge in [0.25, 0.3) is 0 Å². The van der Waals surface area contributed by atoms with E-state index in [2.05, 4.69) is 5.32 Å². The van der Waals surface area contributed by atoms with Crippen molar-refractivity contribution in [1.29, 1.82) is 0 Å². The fourth-order valence-corrected chi connectivity index (χ4v) is 2.47. The van der Waals surface area contributed by atoms with Gasteiger partial charge in [-0.2, -0.15) is 0 Å². The highest BCUT2D eigenvalue weighted by Gasteiger charge is 2.10. The molecular weight excluding hydrogens is 296 g/mol. The zero-order valence-corrected chi connectivity index (χ0v) is 13.3. The van der Waals surface area contributed by atoms with Crippen molar-refractivity contribution in [3.63, 3.8) is 0 Å². The van der Waals surface area contributed by atoms with Crippen LogP contribution < -0.4 is 5.32 Å². The van der Waals surface area contributed by atoms with Crippen LogP contribution in [-0.4, -0.2) is 41.3 Å². The standard InChI is InChI=1S/C14H19ClN2O2S/c1-3-17(4-2)14(19)10-20-9-13(18)16-12-7-5-11(15)6-8-12/h5-8H,3-4,9-10H2,1-2H3,(H,16,18). The molecule has 0 saturated heterocycles. The summed E-state index contributed by atoms with van der Waals surface area (Å²) in [5.41, 5.74) is 0.704. The molecule has 0 heterocycles. The van der Waals surface area contributed by atoms with E-state index < -0.39 is 0 Å². The van der Waals surface area contributed by atoms with Gasteiger partial charge in [0.05, 0.1) is 11.5 Å². The van der Waals surface area contributed by atoms with E-state index in [1.807, 2.05) is 13.8 Å². The van der Waals surface area contributed by atoms with E-state index in [0.29, 0.717) is 29.6 Å². The summed E-state index contributed by atoms with van der Waals surface area (Å²) in [5, 5.41) is 3.38. The van der Waals surface area contributed by atoms with Crippen molar-refractivity contribution in [2.45, 2.75) is 13.8 Å². The van der Waals surface area contributed by atoms with Crippen LogP contribution in [-0.2, 0) is 9.59 Å². The number of hydrogen-bond acceptors (Lipinski definition) is 3. The summed E-state index contributed by atoms with van der Waals surface area (Å²) in [6.45, 7) is 5.29. The average molecular weight is 315 g/mol. The Morgan fingerprint density at radius 1 is 1.15 bits per heavy atom. The van der Waals surface area contributed by atoms with Gasteiger partial charge in [0, 0.05) is 23.8 Å². The van der Waals surface area contributed by atoms with Crippen molar-refractivity contribution in [1.82, 2.24) is 4.90 Å². The average Bonchev–Trinajstić information content (AvgIpc) is 2.43. The fraction of sp³-hybridized carbons (Fsp3) is 0.429. The number of rotatable bonds is 7. The van der Waals surface area contributed by atoms with Crippen molar-refractivity contribution in [2.24, 2.45) is 0 Å². The highest BCUT2D eigenvalue weighted by atomic mass is 35.5. The van der Waals surface area contributed by atoms with Gasteiger partial charge in [-0.1, -0.05) is 11.6 Å². The summed E-state index contributed by atoms with van der Waals surface area (Å²) in [5.74, 6) is 0.537. The molecule has 0 spiro atoms. The van der Waals surface area contributed by atoms with Gasteiger partial charge >= 0.3 is 0 Å². The van der Waals surface area contributed by atoms with E-state index >= 15 is 0 Å². The first-order chi connectivity index (χ1) is 9.56. The van der Waals surface area contributed by atoms with Gasteiger partial charge in [0.2, 0.25) is 11.8 Å². The Kier molecular flexibility index (Phi) is 7.47. The lowest BCUT2D eigenvalue weighted by Gasteiger charge is -2.18. The molecule has 0 atom stereocenters. The zero-order chi connectivity index (χ0) is 15.0. The van der Waals surface area contributed by atoms with Gasteiger partial charge in [0.1, 0.15) is 0 Å². The summed E-state index contributed by atoms with van der Waals surface area (Å²) < 4.78 is 0. The van der Waals surface area contributed by atoms with Crippen LogP contribution in [0.25, 0.3) is 0 Å². The lowest BCUT2D eigenvalue weighted by Crippen LogP contribution is -2.32. The molecule has 0 aliphatic heterocycles. The predicted molar refractivity (Wildman–Crippen MR) is 85.3 cm³/mol. The van der Waals surface area contributed by atoms with Crippen molar-refractivity contribution in [3.8, 4) is 0 Å². The van der Waals surface area contributed by atoms with Gasteiger partial charge in [-0.25, -0.2) is 0 Å². The monoisotopic (exact) mass is 314 g/mol. The predicted octanol–water partition coefficient (Wildman–Crippen LogP) is 2.88. The molecule has 1 aromatic rings. The number of amides is 2. The van der Waals surface area contributed by atoms with Gasteiger partial charge in [-0.05, 0) is 38.1 Å². The summed E-state index contributed by atoms with van der Waals surface area (Å²) in [6, 6.07) is 6.92. The molecule has 0 saturated carbocycles. The number of benzene rings is 1. The van der Waals surface area contributed by atoms with Gasteiger partial charge in [-0.15, -0.1) is 11.8 Å². The quantitative estimate of drug-likeness (QED) is 0.842. The highest BCUT2D eigenvalue weighted by molar-refractivity contribution is 8.00. The Morgan fingerprint density at radius 2 is 1.75 bits per heavy atom. The molecular formula is C14H19ClN2O2S. The zero-order valence-electron chi connectivity index (χ0n) is 11.7. The molecule has 0 bridgehead atoms. The summed E-state index contributed by atoms with van der Waals surface area (Å²) in [4.78, 5) is 25.2. The van der Waals surface area contributed by atoms with Crippen molar-refractivity contribution < 1.29 is 9.59 Å².